The van der Waals surface area contributed by atoms with Crippen LogP contribution in [0.4, 0.5) is 0 Å². The molecule has 0 radical (unpaired) electrons. The maximum Gasteiger partial charge on any atom is 0.137 e. The molecule has 0 saturated heterocycles. The molecule has 49 heavy (non-hydrogen) atoms. The number of rotatable bonds is 5. The third-order valence-electron chi connectivity index (χ3n) is 9.68. The monoisotopic (exact) mass is 636 g/mol. The molecule has 2 aliphatic rings. The van der Waals surface area contributed by atoms with E-state index < -0.39 is 0 Å². The summed E-state index contributed by atoms with van der Waals surface area (Å²) in [4.78, 5) is 12.9. The Morgan fingerprint density at radius 2 is 1.35 bits per heavy atom. The molecule has 5 aromatic carbocycles. The first-order valence-electron chi connectivity index (χ1n) is 17.1. The van der Waals surface area contributed by atoms with Gasteiger partial charge in [0.05, 0.1) is 17.4 Å². The molecule has 6 aromatic rings. The van der Waals surface area contributed by atoms with Crippen molar-refractivity contribution in [2.45, 2.75) is 39.8 Å². The van der Waals surface area contributed by atoms with E-state index >= 15 is 0 Å². The van der Waals surface area contributed by atoms with E-state index in [1.165, 1.54) is 38.2 Å². The van der Waals surface area contributed by atoms with Crippen LogP contribution in [0.25, 0.3) is 44.1 Å². The van der Waals surface area contributed by atoms with Crippen molar-refractivity contribution in [1.29, 1.82) is 0 Å². The molecule has 0 bridgehead atoms. The Bertz CT molecular complexity index is 2360. The van der Waals surface area contributed by atoms with Crippen molar-refractivity contribution in [1.82, 2.24) is 15.2 Å². The average molecular weight is 637 g/mol. The molecule has 4 nitrogen and oxygen atoms in total. The number of amidine groups is 1. The fourth-order valence-electron chi connectivity index (χ4n) is 7.51. The molecule has 2 unspecified atom stereocenters. The topological polar surface area (TPSA) is 40.5 Å². The Morgan fingerprint density at radius 3 is 2.12 bits per heavy atom. The van der Waals surface area contributed by atoms with Crippen LogP contribution in [0, 0.1) is 13.8 Å². The number of aryl methyl sites for hydroxylation is 2. The van der Waals surface area contributed by atoms with Gasteiger partial charge in [0.2, 0.25) is 0 Å². The van der Waals surface area contributed by atoms with Crippen molar-refractivity contribution < 1.29 is 0 Å². The summed E-state index contributed by atoms with van der Waals surface area (Å²) in [7, 11) is 2.18. The van der Waals surface area contributed by atoms with Gasteiger partial charge in [0.15, 0.2) is 0 Å². The van der Waals surface area contributed by atoms with Crippen LogP contribution in [0.15, 0.2) is 144 Å². The quantitative estimate of drug-likeness (QED) is 0.205. The fraction of sp³-hybridized carbons (Fsp3) is 0.156. The second kappa shape index (κ2) is 12.4. The van der Waals surface area contributed by atoms with Gasteiger partial charge < -0.3 is 10.2 Å². The lowest BCUT2D eigenvalue weighted by atomic mass is 9.91. The molecule has 3 heterocycles. The SMILES string of the molecule is CC1=CC(c2cc(C3=CC(c4cccc5ccccc45)N(C)C(c4cccc5ccccc45)=N3)cc(-c3cc(C)cc(C)n3)c2)=CC(C)N1. The second-order valence-corrected chi connectivity index (χ2v) is 13.5. The molecule has 8 rings (SSSR count). The summed E-state index contributed by atoms with van der Waals surface area (Å²) in [5.41, 5.74) is 12.2. The van der Waals surface area contributed by atoms with Gasteiger partial charge in [-0.2, -0.15) is 0 Å². The molecule has 1 N–H and O–H groups in total. The van der Waals surface area contributed by atoms with Gasteiger partial charge in [-0.05, 0) is 114 Å². The Balaban J connectivity index is 1.39. The molecule has 4 heteroatoms. The normalized spacial score (nSPS) is 17.7. The van der Waals surface area contributed by atoms with Crippen molar-refractivity contribution in [3.8, 4) is 11.3 Å². The number of aromatic nitrogens is 1. The number of hydrogen-bond donors (Lipinski definition) is 1. The minimum absolute atomic E-state index is 0.0423. The molecule has 0 spiro atoms. The van der Waals surface area contributed by atoms with Gasteiger partial charge >= 0.3 is 0 Å². The Hall–Kier alpha value is -5.74. The molecule has 0 aliphatic carbocycles. The fourth-order valence-corrected chi connectivity index (χ4v) is 7.51. The smallest absolute Gasteiger partial charge is 0.137 e. The highest BCUT2D eigenvalue weighted by Gasteiger charge is 2.28. The van der Waals surface area contributed by atoms with Crippen LogP contribution in [0.2, 0.25) is 0 Å². The van der Waals surface area contributed by atoms with Gasteiger partial charge in [0.25, 0.3) is 0 Å². The van der Waals surface area contributed by atoms with Crippen LogP contribution < -0.4 is 5.32 Å². The van der Waals surface area contributed by atoms with E-state index in [-0.39, 0.29) is 12.1 Å². The van der Waals surface area contributed by atoms with Gasteiger partial charge in [0, 0.05) is 41.2 Å². The lowest BCUT2D eigenvalue weighted by Crippen LogP contribution is -2.34. The highest BCUT2D eigenvalue weighted by atomic mass is 15.2. The first-order chi connectivity index (χ1) is 23.8. The van der Waals surface area contributed by atoms with E-state index in [9.17, 15) is 0 Å². The Morgan fingerprint density at radius 1 is 0.673 bits per heavy atom. The zero-order chi connectivity index (χ0) is 33.6. The zero-order valence-corrected chi connectivity index (χ0v) is 28.7. The van der Waals surface area contributed by atoms with Crippen molar-refractivity contribution in [3.05, 3.63) is 173 Å². The molecule has 1 aromatic heterocycles. The number of nitrogens with zero attached hydrogens (tertiary/aromatic N) is 3. The van der Waals surface area contributed by atoms with Crippen LogP contribution in [-0.4, -0.2) is 28.8 Å². The minimum atomic E-state index is -0.0423. The Labute approximate surface area is 288 Å². The molecular weight excluding hydrogens is 597 g/mol. The number of nitrogens with one attached hydrogen (secondary N) is 1. The van der Waals surface area contributed by atoms with Gasteiger partial charge in [-0.15, -0.1) is 0 Å². The van der Waals surface area contributed by atoms with E-state index in [2.05, 4.69) is 178 Å². The second-order valence-electron chi connectivity index (χ2n) is 13.5. The van der Waals surface area contributed by atoms with E-state index in [4.69, 9.17) is 9.98 Å². The van der Waals surface area contributed by atoms with Crippen LogP contribution in [0.1, 0.15) is 53.4 Å². The van der Waals surface area contributed by atoms with Gasteiger partial charge in [-0.1, -0.05) is 91.0 Å². The molecule has 2 atom stereocenters. The highest BCUT2D eigenvalue weighted by molar-refractivity contribution is 6.12. The lowest BCUT2D eigenvalue weighted by Gasteiger charge is -2.34. The van der Waals surface area contributed by atoms with Crippen molar-refractivity contribution in [2.75, 3.05) is 7.05 Å². The number of benzene rings is 5. The largest absolute Gasteiger partial charge is 0.383 e. The van der Waals surface area contributed by atoms with Crippen molar-refractivity contribution in [2.24, 2.45) is 4.99 Å². The third-order valence-corrected chi connectivity index (χ3v) is 9.68. The number of aliphatic imine (C=N–C) groups is 1. The standard InChI is InChI=1S/C45H40N4/c1-28-20-29(2)47-42(21-28)36-24-35(34-22-30(3)46-31(4)23-34)25-37(26-36)43-27-44(40-18-10-14-32-12-6-8-16-38(32)40)49(5)45(48-43)41-19-11-15-33-13-7-9-17-39(33)41/h6-27,30,44,46H,1-5H3. The van der Waals surface area contributed by atoms with Crippen molar-refractivity contribution in [3.63, 3.8) is 0 Å². The maximum atomic E-state index is 5.53. The molecule has 2 aliphatic heterocycles. The van der Waals surface area contributed by atoms with E-state index in [0.29, 0.717) is 0 Å². The van der Waals surface area contributed by atoms with Crippen molar-refractivity contribution >= 4 is 38.7 Å². The van der Waals surface area contributed by atoms with Crippen LogP contribution in [-0.2, 0) is 0 Å². The number of hydrogen-bond acceptors (Lipinski definition) is 4. The van der Waals surface area contributed by atoms with Crippen LogP contribution in [0.3, 0.4) is 0 Å². The lowest BCUT2D eigenvalue weighted by molar-refractivity contribution is 0.437. The summed E-state index contributed by atoms with van der Waals surface area (Å²) in [6, 6.07) is 41.8. The molecule has 0 amide bonds. The summed E-state index contributed by atoms with van der Waals surface area (Å²) in [5, 5.41) is 8.41. The molecule has 240 valence electrons. The number of pyridine rings is 1. The summed E-state index contributed by atoms with van der Waals surface area (Å²) in [6.45, 7) is 8.54. The average Bonchev–Trinajstić information content (AvgIpc) is 3.10. The first kappa shape index (κ1) is 30.6. The molecule has 0 fully saturated rings. The molecule has 0 saturated carbocycles. The van der Waals surface area contributed by atoms with E-state index in [1.807, 2.05) is 0 Å². The molecular formula is C45H40N4. The summed E-state index contributed by atoms with van der Waals surface area (Å²) in [6.07, 6.45) is 6.89. The summed E-state index contributed by atoms with van der Waals surface area (Å²) in [5.74, 6) is 0.953. The number of likely N-dealkylation sites (N-methyl/N-ethyl adjacent to an activating group) is 1. The van der Waals surface area contributed by atoms with Gasteiger partial charge in [-0.3, -0.25) is 4.98 Å². The van der Waals surface area contributed by atoms with E-state index in [0.717, 1.165) is 50.9 Å². The summed E-state index contributed by atoms with van der Waals surface area (Å²) >= 11 is 0. The minimum Gasteiger partial charge on any atom is -0.383 e. The highest BCUT2D eigenvalue weighted by Crippen LogP contribution is 2.39. The van der Waals surface area contributed by atoms with E-state index in [1.54, 1.807) is 0 Å². The van der Waals surface area contributed by atoms with Crippen LogP contribution in [0.5, 0.6) is 0 Å². The predicted molar refractivity (Wildman–Crippen MR) is 206 cm³/mol. The first-order valence-corrected chi connectivity index (χ1v) is 17.1. The maximum absolute atomic E-state index is 5.53. The van der Waals surface area contributed by atoms with Crippen LogP contribution >= 0.6 is 0 Å². The third kappa shape index (κ3) is 5.84. The number of allylic oxidation sites excluding steroid dienone is 3. The zero-order valence-electron chi connectivity index (χ0n) is 28.7. The number of fused-ring (bicyclic) bond motifs is 2. The number of dihydropyridines is 1. The Kier molecular flexibility index (Phi) is 7.72. The summed E-state index contributed by atoms with van der Waals surface area (Å²) < 4.78 is 0. The van der Waals surface area contributed by atoms with Gasteiger partial charge in [0.1, 0.15) is 5.84 Å². The van der Waals surface area contributed by atoms with Gasteiger partial charge in [-0.25, -0.2) is 4.99 Å². The predicted octanol–water partition coefficient (Wildman–Crippen LogP) is 10.4.